The number of aromatic nitrogens is 3. The number of rotatable bonds is 8. The van der Waals surface area contributed by atoms with E-state index in [9.17, 15) is 9.90 Å². The van der Waals surface area contributed by atoms with Gasteiger partial charge in [0.15, 0.2) is 5.69 Å². The first-order chi connectivity index (χ1) is 8.95. The highest BCUT2D eigenvalue weighted by atomic mass is 16.5. The Bertz CT molecular complexity index is 417. The summed E-state index contributed by atoms with van der Waals surface area (Å²) in [5.74, 6) is -0.819. The van der Waals surface area contributed by atoms with Crippen molar-refractivity contribution < 1.29 is 19.7 Å². The van der Waals surface area contributed by atoms with E-state index in [0.717, 1.165) is 0 Å². The molecule has 1 aromatic heterocycles. The molecule has 108 valence electrons. The molecule has 0 aromatic carbocycles. The number of ether oxygens (including phenoxy) is 1. The van der Waals surface area contributed by atoms with Crippen LogP contribution in [0.1, 0.15) is 37.0 Å². The third-order valence-electron chi connectivity index (χ3n) is 2.54. The summed E-state index contributed by atoms with van der Waals surface area (Å²) in [5, 5.41) is 26.3. The minimum Gasteiger partial charge on any atom is -0.476 e. The Morgan fingerprint density at radius 2 is 2.16 bits per heavy atom. The summed E-state index contributed by atoms with van der Waals surface area (Å²) < 4.78 is 6.57. The van der Waals surface area contributed by atoms with Gasteiger partial charge in [-0.3, -0.25) is 0 Å². The van der Waals surface area contributed by atoms with Gasteiger partial charge in [-0.1, -0.05) is 19.1 Å². The highest BCUT2D eigenvalue weighted by Gasteiger charge is 2.21. The minimum absolute atomic E-state index is 0.0442. The minimum atomic E-state index is -1.10. The molecule has 0 fully saturated rings. The fraction of sp³-hybridized carbons (Fsp3) is 0.750. The van der Waals surface area contributed by atoms with E-state index in [-0.39, 0.29) is 24.8 Å². The van der Waals surface area contributed by atoms with Crippen LogP contribution in [-0.2, 0) is 17.7 Å². The van der Waals surface area contributed by atoms with Gasteiger partial charge in [-0.15, -0.1) is 5.10 Å². The van der Waals surface area contributed by atoms with E-state index in [0.29, 0.717) is 18.7 Å². The van der Waals surface area contributed by atoms with E-state index in [1.807, 2.05) is 20.8 Å². The molecular formula is C12H21N3O4. The van der Waals surface area contributed by atoms with Crippen LogP contribution in [0.2, 0.25) is 0 Å². The topological polar surface area (TPSA) is 97.5 Å². The Balaban J connectivity index is 2.84. The van der Waals surface area contributed by atoms with Crippen LogP contribution in [0.15, 0.2) is 0 Å². The number of hydrogen-bond acceptors (Lipinski definition) is 5. The van der Waals surface area contributed by atoms with E-state index in [1.54, 1.807) is 0 Å². The van der Waals surface area contributed by atoms with Gasteiger partial charge in [-0.25, -0.2) is 9.48 Å². The van der Waals surface area contributed by atoms with E-state index in [2.05, 4.69) is 10.3 Å². The Kier molecular flexibility index (Phi) is 5.91. The van der Waals surface area contributed by atoms with Crippen LogP contribution in [0.3, 0.4) is 0 Å². The van der Waals surface area contributed by atoms with Crippen LogP contribution >= 0.6 is 0 Å². The van der Waals surface area contributed by atoms with E-state index < -0.39 is 12.1 Å². The molecule has 0 radical (unpaired) electrons. The highest BCUT2D eigenvalue weighted by molar-refractivity contribution is 5.86. The fourth-order valence-corrected chi connectivity index (χ4v) is 1.74. The van der Waals surface area contributed by atoms with Gasteiger partial charge in [-0.2, -0.15) is 0 Å². The van der Waals surface area contributed by atoms with Crippen LogP contribution in [0.4, 0.5) is 0 Å². The number of hydrogen-bond donors (Lipinski definition) is 2. The fourth-order valence-electron chi connectivity index (χ4n) is 1.74. The second-order valence-electron chi connectivity index (χ2n) is 4.78. The van der Waals surface area contributed by atoms with Gasteiger partial charge in [0, 0.05) is 6.61 Å². The molecule has 0 bridgehead atoms. The summed E-state index contributed by atoms with van der Waals surface area (Å²) in [6.07, 6.45) is -0.176. The summed E-state index contributed by atoms with van der Waals surface area (Å²) in [5.41, 5.74) is 0.496. The van der Waals surface area contributed by atoms with E-state index >= 15 is 0 Å². The Hall–Kier alpha value is -1.47. The van der Waals surface area contributed by atoms with Crippen molar-refractivity contribution in [2.45, 2.75) is 39.8 Å². The van der Waals surface area contributed by atoms with E-state index in [4.69, 9.17) is 9.84 Å². The van der Waals surface area contributed by atoms with Gasteiger partial charge in [0.2, 0.25) is 0 Å². The molecule has 1 rings (SSSR count). The first-order valence-electron chi connectivity index (χ1n) is 6.37. The van der Waals surface area contributed by atoms with Gasteiger partial charge in [-0.05, 0) is 19.3 Å². The first kappa shape index (κ1) is 15.6. The molecular weight excluding hydrogens is 250 g/mol. The molecule has 1 atom stereocenters. The van der Waals surface area contributed by atoms with Crippen molar-refractivity contribution in [3.63, 3.8) is 0 Å². The molecule has 0 aliphatic rings. The predicted octanol–water partition coefficient (Wildman–Crippen LogP) is 0.572. The molecule has 1 aromatic rings. The third-order valence-corrected chi connectivity index (χ3v) is 2.54. The standard InChI is InChI=1S/C12H21N3O4/c1-4-19-7-9(16)6-15-10(5-8(2)3)11(12(17)18)13-14-15/h8-9,16H,4-7H2,1-3H3,(H,17,18). The van der Waals surface area contributed by atoms with Crippen LogP contribution in [0.5, 0.6) is 0 Å². The van der Waals surface area contributed by atoms with Crippen molar-refractivity contribution in [3.8, 4) is 0 Å². The lowest BCUT2D eigenvalue weighted by Gasteiger charge is -2.13. The van der Waals surface area contributed by atoms with Crippen molar-refractivity contribution in [2.75, 3.05) is 13.2 Å². The second kappa shape index (κ2) is 7.20. The average molecular weight is 271 g/mol. The number of carboxylic acids is 1. The van der Waals surface area contributed by atoms with Gasteiger partial charge >= 0.3 is 5.97 Å². The maximum absolute atomic E-state index is 11.1. The molecule has 0 aliphatic heterocycles. The molecule has 7 nitrogen and oxygen atoms in total. The van der Waals surface area contributed by atoms with Gasteiger partial charge in [0.1, 0.15) is 0 Å². The molecule has 0 saturated heterocycles. The normalized spacial score (nSPS) is 12.9. The quantitative estimate of drug-likeness (QED) is 0.717. The maximum Gasteiger partial charge on any atom is 0.358 e. The lowest BCUT2D eigenvalue weighted by molar-refractivity contribution is 0.0308. The van der Waals surface area contributed by atoms with Crippen LogP contribution in [0.25, 0.3) is 0 Å². The van der Waals surface area contributed by atoms with Crippen LogP contribution in [-0.4, -0.2) is 50.5 Å². The summed E-state index contributed by atoms with van der Waals surface area (Å²) in [6, 6.07) is 0. The molecule has 0 amide bonds. The molecule has 0 aliphatic carbocycles. The highest BCUT2D eigenvalue weighted by Crippen LogP contribution is 2.12. The Morgan fingerprint density at radius 3 is 2.68 bits per heavy atom. The van der Waals surface area contributed by atoms with Crippen LogP contribution < -0.4 is 0 Å². The number of carbonyl (C=O) groups is 1. The van der Waals surface area contributed by atoms with Crippen molar-refractivity contribution >= 4 is 5.97 Å². The zero-order chi connectivity index (χ0) is 14.4. The lowest BCUT2D eigenvalue weighted by atomic mass is 10.1. The molecule has 19 heavy (non-hydrogen) atoms. The molecule has 1 heterocycles. The molecule has 0 saturated carbocycles. The van der Waals surface area contributed by atoms with Gasteiger partial charge in [0.05, 0.1) is 24.9 Å². The first-order valence-corrected chi connectivity index (χ1v) is 6.37. The van der Waals surface area contributed by atoms with E-state index in [1.165, 1.54) is 4.68 Å². The number of carboxylic acid groups (broad SMARTS) is 1. The Labute approximate surface area is 112 Å². The summed E-state index contributed by atoms with van der Waals surface area (Å²) in [6.45, 7) is 6.71. The Morgan fingerprint density at radius 1 is 1.47 bits per heavy atom. The third kappa shape index (κ3) is 4.60. The maximum atomic E-state index is 11.1. The van der Waals surface area contributed by atoms with Crippen molar-refractivity contribution in [2.24, 2.45) is 5.92 Å². The van der Waals surface area contributed by atoms with Gasteiger partial charge < -0.3 is 14.9 Å². The number of nitrogens with zero attached hydrogens (tertiary/aromatic N) is 3. The molecule has 7 heteroatoms. The summed E-state index contributed by atoms with van der Waals surface area (Å²) in [4.78, 5) is 11.1. The zero-order valence-corrected chi connectivity index (χ0v) is 11.5. The van der Waals surface area contributed by atoms with Crippen molar-refractivity contribution in [1.82, 2.24) is 15.0 Å². The van der Waals surface area contributed by atoms with Gasteiger partial charge in [0.25, 0.3) is 0 Å². The molecule has 1 unspecified atom stereocenters. The van der Waals surface area contributed by atoms with Crippen LogP contribution in [0, 0.1) is 5.92 Å². The monoisotopic (exact) mass is 271 g/mol. The summed E-state index contributed by atoms with van der Waals surface area (Å²) in [7, 11) is 0. The number of aromatic carboxylic acids is 1. The average Bonchev–Trinajstić information content (AvgIpc) is 2.69. The summed E-state index contributed by atoms with van der Waals surface area (Å²) >= 11 is 0. The molecule has 2 N–H and O–H groups in total. The smallest absolute Gasteiger partial charge is 0.358 e. The number of aliphatic hydroxyl groups is 1. The number of aliphatic hydroxyl groups excluding tert-OH is 1. The van der Waals surface area contributed by atoms with Crippen molar-refractivity contribution in [3.05, 3.63) is 11.4 Å². The predicted molar refractivity (Wildman–Crippen MR) is 68.0 cm³/mol. The molecule has 0 spiro atoms. The SMILES string of the molecule is CCOCC(O)Cn1nnc(C(=O)O)c1CC(C)C. The largest absolute Gasteiger partial charge is 0.476 e. The zero-order valence-electron chi connectivity index (χ0n) is 11.5. The second-order valence-corrected chi connectivity index (χ2v) is 4.78. The lowest BCUT2D eigenvalue weighted by Crippen LogP contribution is -2.24. The van der Waals surface area contributed by atoms with Crippen molar-refractivity contribution in [1.29, 1.82) is 0 Å².